The van der Waals surface area contributed by atoms with E-state index in [9.17, 15) is 24.3 Å². The van der Waals surface area contributed by atoms with Gasteiger partial charge in [0, 0.05) is 12.6 Å². The first-order chi connectivity index (χ1) is 45.7. The molecule has 1 aromatic heterocycles. The maximum Gasteiger partial charge on any atom is 0.307 e. The highest BCUT2D eigenvalue weighted by molar-refractivity contribution is 6.09. The Kier molecular flexibility index (Phi) is 26.4. The van der Waals surface area contributed by atoms with E-state index in [0.29, 0.717) is 69.6 Å². The van der Waals surface area contributed by atoms with Gasteiger partial charge in [-0.15, -0.1) is 0 Å². The number of allylic oxidation sites excluding steroid dienone is 5. The number of rotatable bonds is 23. The van der Waals surface area contributed by atoms with Crippen LogP contribution in [0.15, 0.2) is 131 Å². The third-order valence-corrected chi connectivity index (χ3v) is 16.2. The van der Waals surface area contributed by atoms with Gasteiger partial charge in [-0.25, -0.2) is 0 Å². The second kappa shape index (κ2) is 34.2. The van der Waals surface area contributed by atoms with Crippen molar-refractivity contribution >= 4 is 64.1 Å². The summed E-state index contributed by atoms with van der Waals surface area (Å²) in [6.07, 6.45) is 7.56. The molecular formula is C76H85NO19. The van der Waals surface area contributed by atoms with Crippen molar-refractivity contribution in [1.29, 1.82) is 0 Å². The van der Waals surface area contributed by atoms with Crippen molar-refractivity contribution < 1.29 is 90.7 Å². The summed E-state index contributed by atoms with van der Waals surface area (Å²) in [6.45, 7) is 6.39. The summed E-state index contributed by atoms with van der Waals surface area (Å²) in [6, 6.07) is 31.9. The fourth-order valence-electron chi connectivity index (χ4n) is 11.4. The molecule has 0 unspecified atom stereocenters. The molecule has 508 valence electrons. The number of nitrogens with zero attached hydrogens (tertiary/aromatic N) is 1. The van der Waals surface area contributed by atoms with E-state index < -0.39 is 11.9 Å². The molecule has 20 nitrogen and oxygen atoms in total. The maximum atomic E-state index is 13.2. The number of benzene rings is 6. The molecule has 0 saturated heterocycles. The standard InChI is InChI=1S/C29H31NO6.C23H24O6.C13H14O3.C10H12O4.CH4/c1-18-23(12-19-13-26(33-4)29(35-6)27(14-19)34-5)22-10-9-20(32-3)15-25(22)24(18)16-28(31)30(2)17-21-8-7-11-36-21;1-13-17(8-14-9-20(27-3)23(29-5)21(10-14)28-4)16-7-6-15(26-2)11-19(16)18(13)12-22(24)25;1-8-5-9-3-4-10(16-2)6-12(9)11(8)7-13(14)15;1-12-8-4-7(6-11)5-9(13-2)10(8)14-3;/h7-15H,16-17H2,1-6H3;6-11H,12H2,1-5H3,(H,24,25);3-4,6H,5,7H2,1-2H3,(H,14,15);4-6H,1-3H3;1H4/b23-12-;17-8-;;;. The van der Waals surface area contributed by atoms with E-state index in [2.05, 4.69) is 6.08 Å². The Hall–Kier alpha value is -11.0. The van der Waals surface area contributed by atoms with Gasteiger partial charge in [0.25, 0.3) is 0 Å². The van der Waals surface area contributed by atoms with E-state index in [1.165, 1.54) is 26.9 Å². The number of fused-ring (bicyclic) bond motifs is 3. The third-order valence-electron chi connectivity index (χ3n) is 16.2. The lowest BCUT2D eigenvalue weighted by molar-refractivity contribution is -0.136. The molecule has 0 spiro atoms. The molecule has 2 N–H and O–H groups in total. The average Bonchev–Trinajstić information content (AvgIpc) is 1.62. The Bertz CT molecular complexity index is 4050. The van der Waals surface area contributed by atoms with Gasteiger partial charge in [-0.05, 0) is 208 Å². The van der Waals surface area contributed by atoms with Crippen molar-refractivity contribution in [2.75, 3.05) is 92.4 Å². The molecule has 20 heteroatoms. The number of amides is 1. The zero-order valence-corrected chi connectivity index (χ0v) is 56.4. The molecule has 0 bridgehead atoms. The van der Waals surface area contributed by atoms with Gasteiger partial charge in [-0.1, -0.05) is 31.2 Å². The lowest BCUT2D eigenvalue weighted by atomic mass is 10.00. The fraction of sp³-hybridized carbons (Fsp3) is 0.289. The number of hydrogen-bond acceptors (Lipinski definition) is 17. The first-order valence-corrected chi connectivity index (χ1v) is 29.8. The van der Waals surface area contributed by atoms with Crippen LogP contribution in [0.4, 0.5) is 0 Å². The monoisotopic (exact) mass is 1320 g/mol. The van der Waals surface area contributed by atoms with Crippen LogP contribution in [-0.2, 0) is 27.3 Å². The molecule has 0 fully saturated rings. The van der Waals surface area contributed by atoms with Gasteiger partial charge in [0.1, 0.15) is 29.3 Å². The number of ether oxygens (including phenoxy) is 12. The van der Waals surface area contributed by atoms with Crippen molar-refractivity contribution in [2.24, 2.45) is 0 Å². The van der Waals surface area contributed by atoms with Crippen molar-refractivity contribution in [2.45, 2.75) is 60.4 Å². The molecule has 0 aliphatic heterocycles. The molecule has 96 heavy (non-hydrogen) atoms. The van der Waals surface area contributed by atoms with Gasteiger partial charge in [-0.2, -0.15) is 0 Å². The zero-order chi connectivity index (χ0) is 69.2. The van der Waals surface area contributed by atoms with E-state index >= 15 is 0 Å². The lowest BCUT2D eigenvalue weighted by Gasteiger charge is -2.17. The Labute approximate surface area is 561 Å². The quantitative estimate of drug-likeness (QED) is 0.0566. The molecular weight excluding hydrogens is 1230 g/mol. The summed E-state index contributed by atoms with van der Waals surface area (Å²) >= 11 is 0. The second-order valence-corrected chi connectivity index (χ2v) is 21.7. The van der Waals surface area contributed by atoms with E-state index in [0.717, 1.165) is 113 Å². The first kappa shape index (κ1) is 74.0. The zero-order valence-electron chi connectivity index (χ0n) is 56.4. The van der Waals surface area contributed by atoms with Crippen molar-refractivity contribution in [3.05, 3.63) is 182 Å². The maximum absolute atomic E-state index is 13.2. The minimum Gasteiger partial charge on any atom is -0.497 e. The molecule has 7 aromatic rings. The first-order valence-electron chi connectivity index (χ1n) is 29.8. The molecule has 3 aliphatic rings. The van der Waals surface area contributed by atoms with E-state index in [1.54, 1.807) is 94.3 Å². The van der Waals surface area contributed by atoms with Crippen LogP contribution < -0.4 is 56.8 Å². The van der Waals surface area contributed by atoms with Crippen LogP contribution in [0.5, 0.6) is 69.0 Å². The summed E-state index contributed by atoms with van der Waals surface area (Å²) < 4.78 is 69.4. The SMILES string of the molecule is C.COc1cc(C=O)cc(OC)c1OC.COc1ccc2c(c1)C(CC(=O)N(C)Cc1ccco1)=C(C)/C2=C/c1cc(OC)c(OC)c(OC)c1.COc1ccc2c(c1)C(CC(=O)O)=C(C)/C2=C/c1cc(OC)c(OC)c(OC)c1.COc1ccc2c(c1)C(CC(=O)O)=C(C)C2. The molecule has 10 rings (SSSR count). The van der Waals surface area contributed by atoms with Crippen LogP contribution in [0, 0.1) is 0 Å². The van der Waals surface area contributed by atoms with Crippen LogP contribution in [0.3, 0.4) is 0 Å². The van der Waals surface area contributed by atoms with E-state index in [-0.39, 0.29) is 32.6 Å². The Morgan fingerprint density at radius 1 is 0.458 bits per heavy atom. The molecule has 3 aliphatic carbocycles. The summed E-state index contributed by atoms with van der Waals surface area (Å²) in [5, 5.41) is 18.3. The van der Waals surface area contributed by atoms with Crippen molar-refractivity contribution in [3.8, 4) is 69.0 Å². The number of furan rings is 1. The number of carboxylic acid groups (broad SMARTS) is 2. The number of aldehydes is 1. The molecule has 0 radical (unpaired) electrons. The second-order valence-electron chi connectivity index (χ2n) is 21.7. The van der Waals surface area contributed by atoms with Crippen molar-refractivity contribution in [3.63, 3.8) is 0 Å². The Morgan fingerprint density at radius 3 is 1.19 bits per heavy atom. The highest BCUT2D eigenvalue weighted by atomic mass is 16.5. The number of aliphatic carboxylic acids is 2. The average molecular weight is 1320 g/mol. The van der Waals surface area contributed by atoms with Gasteiger partial charge < -0.3 is 76.4 Å². The van der Waals surface area contributed by atoms with Crippen LogP contribution in [-0.4, -0.2) is 132 Å². The fourth-order valence-corrected chi connectivity index (χ4v) is 11.4. The van der Waals surface area contributed by atoms with Crippen molar-refractivity contribution in [1.82, 2.24) is 4.90 Å². The number of methoxy groups -OCH3 is 12. The van der Waals surface area contributed by atoms with Crippen LogP contribution in [0.25, 0.3) is 40.0 Å². The van der Waals surface area contributed by atoms with Crippen LogP contribution >= 0.6 is 0 Å². The lowest BCUT2D eigenvalue weighted by Crippen LogP contribution is -2.26. The predicted molar refractivity (Wildman–Crippen MR) is 371 cm³/mol. The minimum absolute atomic E-state index is 0. The van der Waals surface area contributed by atoms with Gasteiger partial charge in [-0.3, -0.25) is 19.2 Å². The topological polar surface area (TPSA) is 236 Å². The van der Waals surface area contributed by atoms with E-state index in [1.807, 2.05) is 118 Å². The highest BCUT2D eigenvalue weighted by Crippen LogP contribution is 2.49. The number of carbonyl (C=O) groups excluding carboxylic acids is 2. The van der Waals surface area contributed by atoms with Gasteiger partial charge in [0.15, 0.2) is 34.5 Å². The molecule has 6 aromatic carbocycles. The summed E-state index contributed by atoms with van der Waals surface area (Å²) in [4.78, 5) is 47.7. The number of hydrogen-bond donors (Lipinski definition) is 2. The third kappa shape index (κ3) is 17.0. The Morgan fingerprint density at radius 2 is 0.833 bits per heavy atom. The van der Waals surface area contributed by atoms with E-state index in [4.69, 9.17) is 66.4 Å². The Balaban J connectivity index is 0.000000216. The number of carbonyl (C=O) groups is 4. The molecule has 0 atom stereocenters. The van der Waals surface area contributed by atoms with Gasteiger partial charge in [0.05, 0.1) is 117 Å². The molecule has 1 heterocycles. The molecule has 1 amide bonds. The minimum atomic E-state index is -0.873. The highest BCUT2D eigenvalue weighted by Gasteiger charge is 2.29. The van der Waals surface area contributed by atoms with Gasteiger partial charge in [0.2, 0.25) is 23.2 Å². The number of carboxylic acids is 2. The summed E-state index contributed by atoms with van der Waals surface area (Å²) in [5.74, 6) is 6.06. The predicted octanol–water partition coefficient (Wildman–Crippen LogP) is 14.9. The molecule has 0 saturated carbocycles. The summed E-state index contributed by atoms with van der Waals surface area (Å²) in [5.41, 5.74) is 16.1. The van der Waals surface area contributed by atoms with Gasteiger partial charge >= 0.3 is 11.9 Å². The smallest absolute Gasteiger partial charge is 0.307 e. The normalized spacial score (nSPS) is 13.0. The van der Waals surface area contributed by atoms with Crippen LogP contribution in [0.1, 0.15) is 108 Å². The van der Waals surface area contributed by atoms with Crippen LogP contribution in [0.2, 0.25) is 0 Å². The summed E-state index contributed by atoms with van der Waals surface area (Å²) in [7, 11) is 20.6. The largest absolute Gasteiger partial charge is 0.497 e.